The van der Waals surface area contributed by atoms with Crippen molar-refractivity contribution in [2.45, 2.75) is 32.7 Å². The average molecular weight is 217 g/mol. The van der Waals surface area contributed by atoms with Gasteiger partial charge in [0.1, 0.15) is 5.75 Å². The standard InChI is InChI=1S/C14H19NO/c1-3-5-10-15(4-2)13-11-16-14-9-7-6-8-12(13)14/h6-9,13H,3-5,10H2,1-2H3. The maximum atomic E-state index is 5.48. The minimum Gasteiger partial charge on any atom is -0.476 e. The van der Waals surface area contributed by atoms with Crippen molar-refractivity contribution in [2.75, 3.05) is 13.1 Å². The number of hydrogen-bond acceptors (Lipinski definition) is 2. The number of rotatable bonds is 5. The van der Waals surface area contributed by atoms with Crippen LogP contribution in [0.2, 0.25) is 0 Å². The smallest absolute Gasteiger partial charge is 0.219 e. The first kappa shape index (κ1) is 11.5. The summed E-state index contributed by atoms with van der Waals surface area (Å²) in [6, 6.07) is 8.43. The van der Waals surface area contributed by atoms with Crippen LogP contribution >= 0.6 is 0 Å². The van der Waals surface area contributed by atoms with Gasteiger partial charge in [-0.15, -0.1) is 0 Å². The molecule has 1 aromatic carbocycles. The van der Waals surface area contributed by atoms with E-state index in [0.717, 1.165) is 18.8 Å². The third kappa shape index (κ3) is 2.22. The molecule has 86 valence electrons. The van der Waals surface area contributed by atoms with Crippen molar-refractivity contribution in [3.63, 3.8) is 0 Å². The van der Waals surface area contributed by atoms with Crippen LogP contribution in [-0.4, -0.2) is 18.0 Å². The lowest BCUT2D eigenvalue weighted by Crippen LogP contribution is -2.28. The summed E-state index contributed by atoms with van der Waals surface area (Å²) in [5, 5.41) is 0. The zero-order valence-electron chi connectivity index (χ0n) is 10.1. The van der Waals surface area contributed by atoms with Crippen molar-refractivity contribution in [1.29, 1.82) is 0 Å². The largest absolute Gasteiger partial charge is 0.476 e. The molecule has 16 heavy (non-hydrogen) atoms. The molecule has 1 aliphatic heterocycles. The fraction of sp³-hybridized carbons (Fsp3) is 0.500. The fourth-order valence-electron chi connectivity index (χ4n) is 2.08. The van der Waals surface area contributed by atoms with Crippen molar-refractivity contribution in [1.82, 2.24) is 4.90 Å². The molecule has 2 rings (SSSR count). The molecule has 1 unspecified atom stereocenters. The van der Waals surface area contributed by atoms with Crippen LogP contribution in [0.15, 0.2) is 24.3 Å². The first-order valence-electron chi connectivity index (χ1n) is 6.12. The Morgan fingerprint density at radius 1 is 1.31 bits per heavy atom. The molecule has 0 N–H and O–H groups in total. The van der Waals surface area contributed by atoms with Crippen LogP contribution in [0.3, 0.4) is 0 Å². The Kier molecular flexibility index (Phi) is 3.83. The van der Waals surface area contributed by atoms with Crippen molar-refractivity contribution >= 4 is 0 Å². The maximum absolute atomic E-state index is 5.48. The predicted molar refractivity (Wildman–Crippen MR) is 65.2 cm³/mol. The molecule has 0 spiro atoms. The average Bonchev–Trinajstić information content (AvgIpc) is 2.75. The highest BCUT2D eigenvalue weighted by Gasteiger charge is 2.29. The number of para-hydroxylation sites is 1. The van der Waals surface area contributed by atoms with Gasteiger partial charge >= 0.3 is 0 Å². The molecule has 0 aliphatic carbocycles. The molecular formula is C14H19NO. The van der Waals surface area contributed by atoms with Crippen LogP contribution in [0.4, 0.5) is 0 Å². The van der Waals surface area contributed by atoms with Crippen LogP contribution in [0, 0.1) is 6.61 Å². The predicted octanol–water partition coefficient (Wildman–Crippen LogP) is 3.28. The van der Waals surface area contributed by atoms with Gasteiger partial charge in [-0.1, -0.05) is 38.5 Å². The molecule has 0 amide bonds. The van der Waals surface area contributed by atoms with Gasteiger partial charge < -0.3 is 4.74 Å². The van der Waals surface area contributed by atoms with Crippen molar-refractivity contribution in [3.05, 3.63) is 36.4 Å². The second-order valence-corrected chi connectivity index (χ2v) is 4.14. The van der Waals surface area contributed by atoms with Crippen LogP contribution in [0.1, 0.15) is 38.3 Å². The lowest BCUT2D eigenvalue weighted by Gasteiger charge is -2.25. The molecule has 2 nitrogen and oxygen atoms in total. The third-order valence-electron chi connectivity index (χ3n) is 3.06. The number of ether oxygens (including phenoxy) is 1. The van der Waals surface area contributed by atoms with E-state index in [1.165, 1.54) is 18.4 Å². The van der Waals surface area contributed by atoms with Gasteiger partial charge in [0.15, 0.2) is 0 Å². The van der Waals surface area contributed by atoms with Crippen LogP contribution in [-0.2, 0) is 0 Å². The highest BCUT2D eigenvalue weighted by molar-refractivity contribution is 5.41. The van der Waals surface area contributed by atoms with E-state index in [1.54, 1.807) is 0 Å². The molecule has 0 aromatic heterocycles. The molecule has 0 fully saturated rings. The van der Waals surface area contributed by atoms with E-state index in [-0.39, 0.29) is 6.04 Å². The first-order valence-corrected chi connectivity index (χ1v) is 6.12. The Morgan fingerprint density at radius 2 is 2.12 bits per heavy atom. The number of hydrogen-bond donors (Lipinski definition) is 0. The summed E-state index contributed by atoms with van der Waals surface area (Å²) in [5.74, 6) is 0.961. The summed E-state index contributed by atoms with van der Waals surface area (Å²) in [7, 11) is 0. The highest BCUT2D eigenvalue weighted by Crippen LogP contribution is 2.38. The Hall–Kier alpha value is -1.02. The van der Waals surface area contributed by atoms with Crippen LogP contribution in [0.5, 0.6) is 5.75 Å². The first-order chi connectivity index (χ1) is 7.86. The number of unbranched alkanes of at least 4 members (excludes halogenated alkanes) is 1. The van der Waals surface area contributed by atoms with E-state index < -0.39 is 0 Å². The minimum atomic E-state index is 0.216. The topological polar surface area (TPSA) is 12.5 Å². The van der Waals surface area contributed by atoms with Gasteiger partial charge in [-0.05, 0) is 25.6 Å². The fourth-order valence-corrected chi connectivity index (χ4v) is 2.08. The maximum Gasteiger partial charge on any atom is 0.219 e. The summed E-state index contributed by atoms with van der Waals surface area (Å²) in [5.41, 5.74) is 1.25. The van der Waals surface area contributed by atoms with Gasteiger partial charge in [-0.2, -0.15) is 0 Å². The summed E-state index contributed by atoms with van der Waals surface area (Å²) in [6.07, 6.45) is 2.46. The summed E-state index contributed by atoms with van der Waals surface area (Å²) >= 11 is 0. The lowest BCUT2D eigenvalue weighted by molar-refractivity contribution is 0.205. The minimum absolute atomic E-state index is 0.216. The Balaban J connectivity index is 2.10. The Bertz CT molecular complexity index is 337. The van der Waals surface area contributed by atoms with Gasteiger partial charge in [-0.3, -0.25) is 4.90 Å². The monoisotopic (exact) mass is 217 g/mol. The number of fused-ring (bicyclic) bond motifs is 1. The normalized spacial score (nSPS) is 18.6. The molecule has 1 atom stereocenters. The number of benzene rings is 1. The molecule has 2 radical (unpaired) electrons. The van der Waals surface area contributed by atoms with Gasteiger partial charge in [0.25, 0.3) is 0 Å². The second-order valence-electron chi connectivity index (χ2n) is 4.14. The number of likely N-dealkylation sites (N-methyl/N-ethyl adjacent to an activating group) is 1. The quantitative estimate of drug-likeness (QED) is 0.750. The molecule has 0 bridgehead atoms. The van der Waals surface area contributed by atoms with E-state index in [2.05, 4.69) is 37.5 Å². The SMILES string of the molecule is CCCCN(CC)C1[C]Oc2ccccc21. The van der Waals surface area contributed by atoms with Crippen molar-refractivity contribution < 1.29 is 4.74 Å². The van der Waals surface area contributed by atoms with E-state index in [1.807, 2.05) is 12.1 Å². The Labute approximate surface area is 98.2 Å². The van der Waals surface area contributed by atoms with E-state index >= 15 is 0 Å². The van der Waals surface area contributed by atoms with Crippen LogP contribution < -0.4 is 4.74 Å². The molecule has 0 saturated heterocycles. The van der Waals surface area contributed by atoms with Gasteiger partial charge in [0.05, 0.1) is 6.04 Å². The molecule has 1 aromatic rings. The zero-order valence-corrected chi connectivity index (χ0v) is 10.1. The van der Waals surface area contributed by atoms with Crippen molar-refractivity contribution in [2.24, 2.45) is 0 Å². The molecule has 1 aliphatic rings. The lowest BCUT2D eigenvalue weighted by atomic mass is 10.1. The van der Waals surface area contributed by atoms with Gasteiger partial charge in [-0.25, -0.2) is 0 Å². The molecule has 2 heteroatoms. The highest BCUT2D eigenvalue weighted by atomic mass is 16.5. The van der Waals surface area contributed by atoms with Gasteiger partial charge in [0, 0.05) is 5.56 Å². The summed E-state index contributed by atoms with van der Waals surface area (Å²) < 4.78 is 5.48. The molecule has 1 heterocycles. The van der Waals surface area contributed by atoms with E-state index in [9.17, 15) is 0 Å². The summed E-state index contributed by atoms with van der Waals surface area (Å²) in [4.78, 5) is 2.41. The van der Waals surface area contributed by atoms with E-state index in [4.69, 9.17) is 4.74 Å². The third-order valence-corrected chi connectivity index (χ3v) is 3.06. The van der Waals surface area contributed by atoms with Crippen LogP contribution in [0.25, 0.3) is 0 Å². The molecular weight excluding hydrogens is 198 g/mol. The van der Waals surface area contributed by atoms with Gasteiger partial charge in [0.2, 0.25) is 6.61 Å². The Morgan fingerprint density at radius 3 is 2.88 bits per heavy atom. The number of nitrogens with zero attached hydrogens (tertiary/aromatic N) is 1. The van der Waals surface area contributed by atoms with E-state index in [0.29, 0.717) is 0 Å². The summed E-state index contributed by atoms with van der Waals surface area (Å²) in [6.45, 7) is 9.67. The zero-order chi connectivity index (χ0) is 11.4. The van der Waals surface area contributed by atoms with Crippen molar-refractivity contribution in [3.8, 4) is 5.75 Å². The second kappa shape index (κ2) is 5.35. The molecule has 0 saturated carbocycles.